The molecule has 18 heavy (non-hydrogen) atoms. The Morgan fingerprint density at radius 1 is 1.06 bits per heavy atom. The molecule has 2 aromatic rings. The van der Waals surface area contributed by atoms with Crippen LogP contribution in [-0.4, -0.2) is 28.5 Å². The molecule has 1 heterocycles. The van der Waals surface area contributed by atoms with Crippen molar-refractivity contribution in [3.05, 3.63) is 36.0 Å². The fraction of sp³-hybridized carbons (Fsp3) is 0.500. The summed E-state index contributed by atoms with van der Waals surface area (Å²) in [4.78, 5) is 6.04. The van der Waals surface area contributed by atoms with Gasteiger partial charge in [0.15, 0.2) is 0 Å². The summed E-state index contributed by atoms with van der Waals surface area (Å²) >= 11 is 0. The van der Waals surface area contributed by atoms with E-state index >= 15 is 0 Å². The van der Waals surface area contributed by atoms with Gasteiger partial charge in [-0.3, -0.25) is 4.90 Å². The van der Waals surface area contributed by atoms with E-state index in [9.17, 15) is 0 Å². The number of para-hydroxylation sites is 1. The first-order chi connectivity index (χ1) is 8.58. The van der Waals surface area contributed by atoms with Gasteiger partial charge in [0.2, 0.25) is 0 Å². The first-order valence-corrected chi connectivity index (χ1v) is 6.90. The molecule has 0 aliphatic carbocycles. The van der Waals surface area contributed by atoms with Crippen LogP contribution in [0.5, 0.6) is 0 Å². The van der Waals surface area contributed by atoms with E-state index in [0.717, 1.165) is 13.0 Å². The minimum atomic E-state index is 0.606. The van der Waals surface area contributed by atoms with Gasteiger partial charge in [-0.25, -0.2) is 0 Å². The molecule has 0 saturated heterocycles. The van der Waals surface area contributed by atoms with Crippen LogP contribution in [0.15, 0.2) is 30.3 Å². The van der Waals surface area contributed by atoms with Crippen LogP contribution in [0, 0.1) is 0 Å². The van der Waals surface area contributed by atoms with Gasteiger partial charge in [-0.05, 0) is 45.2 Å². The molecule has 0 saturated carbocycles. The molecule has 2 rings (SSSR count). The minimum absolute atomic E-state index is 0.606. The Morgan fingerprint density at radius 3 is 2.33 bits per heavy atom. The number of H-pyrrole nitrogens is 1. The number of nitrogens with one attached hydrogen (secondary N) is 1. The average molecular weight is 244 g/mol. The second kappa shape index (κ2) is 5.57. The van der Waals surface area contributed by atoms with Gasteiger partial charge in [0.25, 0.3) is 0 Å². The van der Waals surface area contributed by atoms with Crippen LogP contribution >= 0.6 is 0 Å². The maximum Gasteiger partial charge on any atom is 0.0456 e. The Balaban J connectivity index is 2.05. The van der Waals surface area contributed by atoms with Gasteiger partial charge < -0.3 is 4.98 Å². The Labute approximate surface area is 110 Å². The zero-order valence-corrected chi connectivity index (χ0v) is 11.9. The first-order valence-electron chi connectivity index (χ1n) is 6.90. The highest BCUT2D eigenvalue weighted by atomic mass is 15.2. The maximum absolute atomic E-state index is 3.50. The molecule has 1 N–H and O–H groups in total. The van der Waals surface area contributed by atoms with Crippen LogP contribution in [-0.2, 0) is 6.42 Å². The molecule has 0 aliphatic rings. The molecular formula is C16H24N2. The van der Waals surface area contributed by atoms with Crippen molar-refractivity contribution in [1.29, 1.82) is 0 Å². The summed E-state index contributed by atoms with van der Waals surface area (Å²) in [5.74, 6) is 0. The van der Waals surface area contributed by atoms with Gasteiger partial charge in [0.05, 0.1) is 0 Å². The molecular weight excluding hydrogens is 220 g/mol. The highest BCUT2D eigenvalue weighted by Crippen LogP contribution is 2.16. The van der Waals surface area contributed by atoms with Gasteiger partial charge in [-0.15, -0.1) is 0 Å². The third-order valence-corrected chi connectivity index (χ3v) is 3.55. The summed E-state index contributed by atoms with van der Waals surface area (Å²) in [6.07, 6.45) is 1.09. The number of rotatable bonds is 5. The van der Waals surface area contributed by atoms with Crippen molar-refractivity contribution in [2.45, 2.75) is 46.2 Å². The van der Waals surface area contributed by atoms with Gasteiger partial charge in [0.1, 0.15) is 0 Å². The number of benzene rings is 1. The van der Waals surface area contributed by atoms with Crippen LogP contribution < -0.4 is 0 Å². The van der Waals surface area contributed by atoms with Crippen molar-refractivity contribution < 1.29 is 0 Å². The van der Waals surface area contributed by atoms with E-state index in [4.69, 9.17) is 0 Å². The molecule has 0 radical (unpaired) electrons. The standard InChI is InChI=1S/C16H24N2/c1-12(2)18(13(3)4)10-9-15-11-14-7-5-6-8-16(14)17-15/h5-8,11-13,17H,9-10H2,1-4H3. The highest BCUT2D eigenvalue weighted by molar-refractivity contribution is 5.80. The molecule has 0 atom stereocenters. The largest absolute Gasteiger partial charge is 0.358 e. The lowest BCUT2D eigenvalue weighted by atomic mass is 10.2. The second-order valence-corrected chi connectivity index (χ2v) is 5.56. The number of nitrogens with zero attached hydrogens (tertiary/aromatic N) is 1. The molecule has 0 bridgehead atoms. The molecule has 0 amide bonds. The van der Waals surface area contributed by atoms with E-state index in [2.05, 4.69) is 67.9 Å². The quantitative estimate of drug-likeness (QED) is 0.847. The minimum Gasteiger partial charge on any atom is -0.358 e. The van der Waals surface area contributed by atoms with E-state index in [0.29, 0.717) is 12.1 Å². The van der Waals surface area contributed by atoms with Gasteiger partial charge in [-0.2, -0.15) is 0 Å². The summed E-state index contributed by atoms with van der Waals surface area (Å²) in [7, 11) is 0. The lowest BCUT2D eigenvalue weighted by molar-refractivity contribution is 0.177. The zero-order valence-electron chi connectivity index (χ0n) is 11.9. The molecule has 0 fully saturated rings. The molecule has 0 unspecified atom stereocenters. The molecule has 0 aliphatic heterocycles. The third kappa shape index (κ3) is 2.94. The molecule has 2 nitrogen and oxygen atoms in total. The molecule has 1 aromatic heterocycles. The fourth-order valence-corrected chi connectivity index (χ4v) is 2.63. The highest BCUT2D eigenvalue weighted by Gasteiger charge is 2.13. The Kier molecular flexibility index (Phi) is 4.07. The fourth-order valence-electron chi connectivity index (χ4n) is 2.63. The Bertz CT molecular complexity index is 456. The summed E-state index contributed by atoms with van der Waals surface area (Å²) in [6, 6.07) is 12.0. The lowest BCUT2D eigenvalue weighted by Gasteiger charge is -2.30. The summed E-state index contributed by atoms with van der Waals surface area (Å²) in [6.45, 7) is 10.2. The predicted molar refractivity (Wildman–Crippen MR) is 79.0 cm³/mol. The molecule has 1 aromatic carbocycles. The van der Waals surface area contributed by atoms with Crippen LogP contribution in [0.4, 0.5) is 0 Å². The van der Waals surface area contributed by atoms with Crippen molar-refractivity contribution in [2.24, 2.45) is 0 Å². The summed E-state index contributed by atoms with van der Waals surface area (Å²) < 4.78 is 0. The van der Waals surface area contributed by atoms with Gasteiger partial charge in [0, 0.05) is 36.3 Å². The third-order valence-electron chi connectivity index (χ3n) is 3.55. The monoisotopic (exact) mass is 244 g/mol. The van der Waals surface area contributed by atoms with Crippen molar-refractivity contribution >= 4 is 10.9 Å². The zero-order chi connectivity index (χ0) is 13.1. The number of fused-ring (bicyclic) bond motifs is 1. The van der Waals surface area contributed by atoms with Crippen LogP contribution in [0.25, 0.3) is 10.9 Å². The van der Waals surface area contributed by atoms with E-state index in [-0.39, 0.29) is 0 Å². The normalized spacial score (nSPS) is 12.2. The second-order valence-electron chi connectivity index (χ2n) is 5.56. The van der Waals surface area contributed by atoms with E-state index in [1.54, 1.807) is 0 Å². The van der Waals surface area contributed by atoms with E-state index in [1.807, 2.05) is 0 Å². The Morgan fingerprint density at radius 2 is 1.72 bits per heavy atom. The average Bonchev–Trinajstić information content (AvgIpc) is 2.70. The summed E-state index contributed by atoms with van der Waals surface area (Å²) in [5.41, 5.74) is 2.58. The van der Waals surface area contributed by atoms with Gasteiger partial charge in [-0.1, -0.05) is 18.2 Å². The molecule has 98 valence electrons. The van der Waals surface area contributed by atoms with Crippen molar-refractivity contribution in [1.82, 2.24) is 9.88 Å². The number of aromatic amines is 1. The SMILES string of the molecule is CC(C)N(CCc1cc2ccccc2[nH]1)C(C)C. The topological polar surface area (TPSA) is 19.0 Å². The van der Waals surface area contributed by atoms with E-state index in [1.165, 1.54) is 16.6 Å². The summed E-state index contributed by atoms with van der Waals surface area (Å²) in [5, 5.41) is 1.31. The van der Waals surface area contributed by atoms with Crippen LogP contribution in [0.3, 0.4) is 0 Å². The van der Waals surface area contributed by atoms with E-state index < -0.39 is 0 Å². The van der Waals surface area contributed by atoms with Crippen molar-refractivity contribution in [2.75, 3.05) is 6.54 Å². The van der Waals surface area contributed by atoms with Gasteiger partial charge >= 0.3 is 0 Å². The Hall–Kier alpha value is -1.28. The molecule has 2 heteroatoms. The van der Waals surface area contributed by atoms with Crippen molar-refractivity contribution in [3.8, 4) is 0 Å². The van der Waals surface area contributed by atoms with Crippen LogP contribution in [0.1, 0.15) is 33.4 Å². The molecule has 0 spiro atoms. The first kappa shape index (κ1) is 13.2. The van der Waals surface area contributed by atoms with Crippen LogP contribution in [0.2, 0.25) is 0 Å². The number of hydrogen-bond acceptors (Lipinski definition) is 1. The smallest absolute Gasteiger partial charge is 0.0456 e. The lowest BCUT2D eigenvalue weighted by Crippen LogP contribution is -2.38. The predicted octanol–water partition coefficient (Wildman–Crippen LogP) is 3.83. The number of aromatic nitrogens is 1. The maximum atomic E-state index is 3.50. The van der Waals surface area contributed by atoms with Crippen molar-refractivity contribution in [3.63, 3.8) is 0 Å². The number of hydrogen-bond donors (Lipinski definition) is 1.